The summed E-state index contributed by atoms with van der Waals surface area (Å²) in [7, 11) is 0. The molecule has 0 aromatic heterocycles. The zero-order chi connectivity index (χ0) is 9.26. The van der Waals surface area contributed by atoms with Crippen molar-refractivity contribution in [1.29, 1.82) is 0 Å². The second-order valence-electron chi connectivity index (χ2n) is 2.94. The summed E-state index contributed by atoms with van der Waals surface area (Å²) in [6.07, 6.45) is 0.595. The highest BCUT2D eigenvalue weighted by molar-refractivity contribution is 5.23. The Morgan fingerprint density at radius 1 is 1.31 bits per heavy atom. The lowest BCUT2D eigenvalue weighted by atomic mass is 10.0. The molecule has 2 rings (SSSR count). The summed E-state index contributed by atoms with van der Waals surface area (Å²) in [5.74, 6) is -1.05. The van der Waals surface area contributed by atoms with Crippen molar-refractivity contribution in [2.45, 2.75) is 12.5 Å². The third kappa shape index (κ3) is 1.55. The van der Waals surface area contributed by atoms with Crippen LogP contribution in [0.15, 0.2) is 18.2 Å². The molecule has 2 nitrogen and oxygen atoms in total. The average molecular weight is 185 g/mol. The first-order valence-electron chi connectivity index (χ1n) is 4.10. The number of rotatable bonds is 1. The Hall–Kier alpha value is -1.00. The van der Waals surface area contributed by atoms with Crippen molar-refractivity contribution in [2.75, 3.05) is 6.61 Å². The molecule has 0 amide bonds. The zero-order valence-corrected chi connectivity index (χ0v) is 6.89. The van der Waals surface area contributed by atoms with E-state index >= 15 is 0 Å². The van der Waals surface area contributed by atoms with Crippen molar-refractivity contribution in [2.24, 2.45) is 0 Å². The van der Waals surface area contributed by atoms with Crippen molar-refractivity contribution >= 4 is 0 Å². The van der Waals surface area contributed by atoms with E-state index < -0.39 is 11.6 Å². The van der Waals surface area contributed by atoms with Crippen LogP contribution >= 0.6 is 0 Å². The summed E-state index contributed by atoms with van der Waals surface area (Å²) in [5.41, 5.74) is 2.64. The van der Waals surface area contributed by atoms with Gasteiger partial charge in [0.15, 0.2) is 0 Å². The third-order valence-corrected chi connectivity index (χ3v) is 2.08. The van der Waals surface area contributed by atoms with E-state index in [-0.39, 0.29) is 11.6 Å². The van der Waals surface area contributed by atoms with Gasteiger partial charge in [0.05, 0.1) is 12.6 Å². The highest BCUT2D eigenvalue weighted by Gasteiger charge is 2.23. The molecule has 1 aromatic rings. The lowest BCUT2D eigenvalue weighted by molar-refractivity contribution is 0.0871. The number of hydrogen-bond acceptors (Lipinski definition) is 2. The van der Waals surface area contributed by atoms with E-state index in [0.717, 1.165) is 0 Å². The molecule has 0 aliphatic carbocycles. The molecule has 0 saturated carbocycles. The van der Waals surface area contributed by atoms with Gasteiger partial charge in [0.2, 0.25) is 0 Å². The van der Waals surface area contributed by atoms with Gasteiger partial charge in [0.25, 0.3) is 0 Å². The Morgan fingerprint density at radius 2 is 2.00 bits per heavy atom. The van der Waals surface area contributed by atoms with Crippen LogP contribution in [-0.4, -0.2) is 6.61 Å². The summed E-state index contributed by atoms with van der Waals surface area (Å²) >= 11 is 0. The SMILES string of the molecule is Fc1cccc(F)c1[C@H]1CCON1. The maximum absolute atomic E-state index is 13.2. The lowest BCUT2D eigenvalue weighted by Gasteiger charge is -2.10. The first-order chi connectivity index (χ1) is 6.29. The molecule has 0 bridgehead atoms. The minimum Gasteiger partial charge on any atom is -0.301 e. The monoisotopic (exact) mass is 185 g/mol. The van der Waals surface area contributed by atoms with Crippen LogP contribution in [0.25, 0.3) is 0 Å². The summed E-state index contributed by atoms with van der Waals surface area (Å²) in [4.78, 5) is 4.84. The minimum atomic E-state index is -0.525. The maximum Gasteiger partial charge on any atom is 0.131 e. The third-order valence-electron chi connectivity index (χ3n) is 2.08. The van der Waals surface area contributed by atoms with Gasteiger partial charge in [-0.15, -0.1) is 0 Å². The molecule has 1 aliphatic heterocycles. The Bertz CT molecular complexity index is 290. The number of halogens is 2. The Kier molecular flexibility index (Phi) is 2.24. The van der Waals surface area contributed by atoms with E-state index in [1.54, 1.807) is 0 Å². The van der Waals surface area contributed by atoms with Gasteiger partial charge in [-0.1, -0.05) is 6.07 Å². The second-order valence-corrected chi connectivity index (χ2v) is 2.94. The lowest BCUT2D eigenvalue weighted by Crippen LogP contribution is -2.14. The highest BCUT2D eigenvalue weighted by Crippen LogP contribution is 2.25. The van der Waals surface area contributed by atoms with Crippen molar-refractivity contribution in [3.05, 3.63) is 35.4 Å². The van der Waals surface area contributed by atoms with Gasteiger partial charge >= 0.3 is 0 Å². The van der Waals surface area contributed by atoms with Crippen molar-refractivity contribution < 1.29 is 13.6 Å². The molecule has 1 fully saturated rings. The molecule has 1 N–H and O–H groups in total. The van der Waals surface area contributed by atoms with E-state index in [2.05, 4.69) is 5.48 Å². The van der Waals surface area contributed by atoms with Crippen molar-refractivity contribution in [3.63, 3.8) is 0 Å². The van der Waals surface area contributed by atoms with E-state index in [9.17, 15) is 8.78 Å². The molecule has 1 saturated heterocycles. The van der Waals surface area contributed by atoms with Gasteiger partial charge in [0, 0.05) is 5.56 Å². The molecule has 1 aromatic carbocycles. The molecule has 70 valence electrons. The fraction of sp³-hybridized carbons (Fsp3) is 0.333. The summed E-state index contributed by atoms with van der Waals surface area (Å²) < 4.78 is 26.3. The summed E-state index contributed by atoms with van der Waals surface area (Å²) in [6.45, 7) is 0.485. The van der Waals surface area contributed by atoms with Crippen LogP contribution in [0.1, 0.15) is 18.0 Å². The predicted molar refractivity (Wildman–Crippen MR) is 42.8 cm³/mol. The molecule has 4 heteroatoms. The van der Waals surface area contributed by atoms with Crippen LogP contribution in [0.4, 0.5) is 8.78 Å². The number of hydrogen-bond donors (Lipinski definition) is 1. The average Bonchev–Trinajstić information content (AvgIpc) is 2.57. The van der Waals surface area contributed by atoms with Gasteiger partial charge in [-0.25, -0.2) is 8.78 Å². The summed E-state index contributed by atoms with van der Waals surface area (Å²) in [6, 6.07) is 3.49. The molecule has 1 aliphatic rings. The first-order valence-corrected chi connectivity index (χ1v) is 4.10. The topological polar surface area (TPSA) is 21.3 Å². The van der Waals surface area contributed by atoms with Crippen LogP contribution in [-0.2, 0) is 4.84 Å². The molecule has 1 heterocycles. The van der Waals surface area contributed by atoms with Gasteiger partial charge in [-0.2, -0.15) is 5.48 Å². The van der Waals surface area contributed by atoms with Crippen LogP contribution in [0.5, 0.6) is 0 Å². The van der Waals surface area contributed by atoms with E-state index in [1.165, 1.54) is 18.2 Å². The quantitative estimate of drug-likeness (QED) is 0.721. The largest absolute Gasteiger partial charge is 0.301 e. The predicted octanol–water partition coefficient (Wildman–Crippen LogP) is 1.93. The summed E-state index contributed by atoms with van der Waals surface area (Å²) in [5, 5.41) is 0. The van der Waals surface area contributed by atoms with Gasteiger partial charge in [-0.05, 0) is 18.6 Å². The Balaban J connectivity index is 2.37. The van der Waals surface area contributed by atoms with Crippen molar-refractivity contribution in [3.8, 4) is 0 Å². The Labute approximate surface area is 74.5 Å². The van der Waals surface area contributed by atoms with E-state index in [4.69, 9.17) is 4.84 Å². The number of nitrogens with one attached hydrogen (secondary N) is 1. The van der Waals surface area contributed by atoms with Crippen LogP contribution in [0.2, 0.25) is 0 Å². The highest BCUT2D eigenvalue weighted by atomic mass is 19.1. The molecule has 1 atom stereocenters. The van der Waals surface area contributed by atoms with Gasteiger partial charge in [0.1, 0.15) is 11.6 Å². The van der Waals surface area contributed by atoms with Crippen LogP contribution in [0, 0.1) is 11.6 Å². The van der Waals surface area contributed by atoms with Crippen LogP contribution in [0.3, 0.4) is 0 Å². The van der Waals surface area contributed by atoms with E-state index in [1.807, 2.05) is 0 Å². The normalized spacial score (nSPS) is 22.2. The van der Waals surface area contributed by atoms with E-state index in [0.29, 0.717) is 13.0 Å². The molecule has 0 unspecified atom stereocenters. The minimum absolute atomic E-state index is 0.0694. The van der Waals surface area contributed by atoms with Crippen molar-refractivity contribution in [1.82, 2.24) is 5.48 Å². The molecule has 0 radical (unpaired) electrons. The van der Waals surface area contributed by atoms with Gasteiger partial charge < -0.3 is 4.84 Å². The second kappa shape index (κ2) is 3.40. The van der Waals surface area contributed by atoms with Crippen LogP contribution < -0.4 is 5.48 Å². The number of hydroxylamine groups is 1. The van der Waals surface area contributed by atoms with Gasteiger partial charge in [-0.3, -0.25) is 0 Å². The Morgan fingerprint density at radius 3 is 2.54 bits per heavy atom. The zero-order valence-electron chi connectivity index (χ0n) is 6.89. The fourth-order valence-corrected chi connectivity index (χ4v) is 1.44. The number of benzene rings is 1. The maximum atomic E-state index is 13.2. The first kappa shape index (κ1) is 8.59. The fourth-order valence-electron chi connectivity index (χ4n) is 1.44. The molecular formula is C9H9F2NO. The molecular weight excluding hydrogens is 176 g/mol. The standard InChI is InChI=1S/C9H9F2NO/c10-6-2-1-3-7(11)9(6)8-4-5-13-12-8/h1-3,8,12H,4-5H2/t8-/m1/s1. The smallest absolute Gasteiger partial charge is 0.131 e. The molecule has 13 heavy (non-hydrogen) atoms. The molecule has 0 spiro atoms.